The van der Waals surface area contributed by atoms with Gasteiger partial charge in [0, 0.05) is 12.0 Å². The molecule has 0 aliphatic heterocycles. The molecule has 0 spiro atoms. The summed E-state index contributed by atoms with van der Waals surface area (Å²) in [7, 11) is 0. The number of benzene rings is 2. The maximum atomic E-state index is 13.5. The van der Waals surface area contributed by atoms with Crippen molar-refractivity contribution < 1.29 is 14.2 Å². The van der Waals surface area contributed by atoms with Crippen molar-refractivity contribution in [3.8, 4) is 0 Å². The molecule has 0 amide bonds. The monoisotopic (exact) mass is 258 g/mol. The molecule has 0 heterocycles. The fourth-order valence-corrected chi connectivity index (χ4v) is 2.50. The first-order valence-electron chi connectivity index (χ1n) is 6.36. The predicted molar refractivity (Wildman–Crippen MR) is 70.1 cm³/mol. The van der Waals surface area contributed by atoms with E-state index in [1.165, 1.54) is 6.07 Å². The number of aliphatic hydroxyl groups excluding tert-OH is 1. The Labute approximate surface area is 111 Å². The standard InChI is InChI=1S/C16H15FO2/c17-14-8-4-2-6-12(14)10-19-15-9-11-5-1-3-7-13(11)16(15)18/h1-8,15-16,18H,9-10H2. The lowest BCUT2D eigenvalue weighted by atomic mass is 10.1. The summed E-state index contributed by atoms with van der Waals surface area (Å²) in [5.74, 6) is -0.271. The minimum absolute atomic E-state index is 0.183. The van der Waals surface area contributed by atoms with Crippen molar-refractivity contribution in [2.75, 3.05) is 0 Å². The molecule has 2 atom stereocenters. The van der Waals surface area contributed by atoms with Crippen LogP contribution in [0.2, 0.25) is 0 Å². The molecule has 0 saturated carbocycles. The van der Waals surface area contributed by atoms with E-state index in [4.69, 9.17) is 4.74 Å². The quantitative estimate of drug-likeness (QED) is 0.917. The first-order valence-corrected chi connectivity index (χ1v) is 6.36. The molecule has 2 unspecified atom stereocenters. The Morgan fingerprint density at radius 2 is 1.84 bits per heavy atom. The third-order valence-corrected chi connectivity index (χ3v) is 3.56. The van der Waals surface area contributed by atoms with Crippen molar-refractivity contribution in [2.45, 2.75) is 25.2 Å². The summed E-state index contributed by atoms with van der Waals surface area (Å²) in [6, 6.07) is 14.3. The zero-order valence-electron chi connectivity index (χ0n) is 10.4. The highest BCUT2D eigenvalue weighted by Gasteiger charge is 2.31. The number of ether oxygens (including phenoxy) is 1. The molecular formula is C16H15FO2. The lowest BCUT2D eigenvalue weighted by molar-refractivity contribution is -0.0371. The molecule has 1 aliphatic carbocycles. The number of hydrogen-bond donors (Lipinski definition) is 1. The van der Waals surface area contributed by atoms with Crippen molar-refractivity contribution in [3.63, 3.8) is 0 Å². The van der Waals surface area contributed by atoms with E-state index >= 15 is 0 Å². The van der Waals surface area contributed by atoms with E-state index in [1.54, 1.807) is 18.2 Å². The first kappa shape index (κ1) is 12.3. The fourth-order valence-electron chi connectivity index (χ4n) is 2.50. The number of aliphatic hydroxyl groups is 1. The third-order valence-electron chi connectivity index (χ3n) is 3.56. The lowest BCUT2D eigenvalue weighted by Gasteiger charge is -2.16. The SMILES string of the molecule is OC1c2ccccc2CC1OCc1ccccc1F. The van der Waals surface area contributed by atoms with E-state index in [0.29, 0.717) is 12.0 Å². The minimum Gasteiger partial charge on any atom is -0.386 e. The van der Waals surface area contributed by atoms with Crippen LogP contribution in [0, 0.1) is 5.82 Å². The third kappa shape index (κ3) is 2.39. The molecule has 1 N–H and O–H groups in total. The van der Waals surface area contributed by atoms with E-state index in [1.807, 2.05) is 24.3 Å². The van der Waals surface area contributed by atoms with Gasteiger partial charge >= 0.3 is 0 Å². The number of rotatable bonds is 3. The molecule has 0 aromatic heterocycles. The molecule has 3 rings (SSSR count). The van der Waals surface area contributed by atoms with Gasteiger partial charge in [-0.1, -0.05) is 42.5 Å². The van der Waals surface area contributed by atoms with Crippen molar-refractivity contribution in [3.05, 3.63) is 71.0 Å². The number of fused-ring (bicyclic) bond motifs is 1. The van der Waals surface area contributed by atoms with Crippen LogP contribution in [0.3, 0.4) is 0 Å². The van der Waals surface area contributed by atoms with Gasteiger partial charge in [-0.25, -0.2) is 4.39 Å². The molecule has 19 heavy (non-hydrogen) atoms. The van der Waals surface area contributed by atoms with Crippen molar-refractivity contribution in [1.29, 1.82) is 0 Å². The fraction of sp³-hybridized carbons (Fsp3) is 0.250. The second-order valence-electron chi connectivity index (χ2n) is 4.79. The number of halogens is 1. The Bertz CT molecular complexity index is 582. The molecule has 0 saturated heterocycles. The van der Waals surface area contributed by atoms with Gasteiger partial charge in [-0.2, -0.15) is 0 Å². The molecular weight excluding hydrogens is 243 g/mol. The zero-order valence-corrected chi connectivity index (χ0v) is 10.4. The van der Waals surface area contributed by atoms with E-state index in [0.717, 1.165) is 11.1 Å². The molecule has 2 nitrogen and oxygen atoms in total. The summed E-state index contributed by atoms with van der Waals surface area (Å²) in [5.41, 5.74) is 2.54. The van der Waals surface area contributed by atoms with Gasteiger partial charge in [-0.15, -0.1) is 0 Å². The molecule has 0 fully saturated rings. The van der Waals surface area contributed by atoms with Crippen LogP contribution < -0.4 is 0 Å². The largest absolute Gasteiger partial charge is 0.386 e. The average molecular weight is 258 g/mol. The second kappa shape index (κ2) is 5.11. The van der Waals surface area contributed by atoms with Crippen LogP contribution >= 0.6 is 0 Å². The van der Waals surface area contributed by atoms with Gasteiger partial charge in [-0.05, 0) is 17.2 Å². The molecule has 1 aliphatic rings. The minimum atomic E-state index is -0.622. The van der Waals surface area contributed by atoms with Crippen molar-refractivity contribution in [1.82, 2.24) is 0 Å². The van der Waals surface area contributed by atoms with Gasteiger partial charge in [0.2, 0.25) is 0 Å². The lowest BCUT2D eigenvalue weighted by Crippen LogP contribution is -2.18. The molecule has 0 bridgehead atoms. The number of hydrogen-bond acceptors (Lipinski definition) is 2. The first-order chi connectivity index (χ1) is 9.25. The summed E-state index contributed by atoms with van der Waals surface area (Å²) >= 11 is 0. The average Bonchev–Trinajstić information content (AvgIpc) is 2.75. The van der Waals surface area contributed by atoms with E-state index in [-0.39, 0.29) is 18.5 Å². The Hall–Kier alpha value is -1.71. The molecule has 98 valence electrons. The highest BCUT2D eigenvalue weighted by Crippen LogP contribution is 2.33. The normalized spacial score (nSPS) is 21.4. The maximum absolute atomic E-state index is 13.5. The van der Waals surface area contributed by atoms with Gasteiger partial charge in [0.1, 0.15) is 11.9 Å². The summed E-state index contributed by atoms with van der Waals surface area (Å²) in [6.45, 7) is 0.183. The molecule has 0 radical (unpaired) electrons. The van der Waals surface area contributed by atoms with Gasteiger partial charge in [0.25, 0.3) is 0 Å². The van der Waals surface area contributed by atoms with Gasteiger partial charge in [0.15, 0.2) is 0 Å². The Balaban J connectivity index is 1.69. The van der Waals surface area contributed by atoms with Crippen molar-refractivity contribution in [2.24, 2.45) is 0 Å². The zero-order chi connectivity index (χ0) is 13.2. The highest BCUT2D eigenvalue weighted by atomic mass is 19.1. The van der Waals surface area contributed by atoms with E-state index < -0.39 is 6.10 Å². The van der Waals surface area contributed by atoms with Crippen LogP contribution in [0.4, 0.5) is 4.39 Å². The van der Waals surface area contributed by atoms with Crippen molar-refractivity contribution >= 4 is 0 Å². The summed E-state index contributed by atoms with van der Waals surface area (Å²) in [6.07, 6.45) is -0.244. The molecule has 3 heteroatoms. The van der Waals surface area contributed by atoms with Crippen LogP contribution in [0.15, 0.2) is 48.5 Å². The molecule has 2 aromatic carbocycles. The van der Waals surface area contributed by atoms with Gasteiger partial charge < -0.3 is 9.84 Å². The Morgan fingerprint density at radius 3 is 2.63 bits per heavy atom. The van der Waals surface area contributed by atoms with E-state index in [9.17, 15) is 9.50 Å². The van der Waals surface area contributed by atoms with Crippen LogP contribution in [-0.4, -0.2) is 11.2 Å². The van der Waals surface area contributed by atoms with E-state index in [2.05, 4.69) is 0 Å². The van der Waals surface area contributed by atoms with Gasteiger partial charge in [-0.3, -0.25) is 0 Å². The van der Waals surface area contributed by atoms with Crippen LogP contribution in [0.25, 0.3) is 0 Å². The van der Waals surface area contributed by atoms with Crippen LogP contribution in [-0.2, 0) is 17.8 Å². The summed E-state index contributed by atoms with van der Waals surface area (Å²) in [5, 5.41) is 10.2. The molecule has 2 aromatic rings. The van der Waals surface area contributed by atoms with Crippen LogP contribution in [0.1, 0.15) is 22.8 Å². The maximum Gasteiger partial charge on any atom is 0.128 e. The smallest absolute Gasteiger partial charge is 0.128 e. The summed E-state index contributed by atoms with van der Waals surface area (Å²) < 4.78 is 19.2. The van der Waals surface area contributed by atoms with Crippen LogP contribution in [0.5, 0.6) is 0 Å². The highest BCUT2D eigenvalue weighted by molar-refractivity contribution is 5.35. The Morgan fingerprint density at radius 1 is 1.11 bits per heavy atom. The summed E-state index contributed by atoms with van der Waals surface area (Å²) in [4.78, 5) is 0. The van der Waals surface area contributed by atoms with Gasteiger partial charge in [0.05, 0.1) is 12.7 Å². The predicted octanol–water partition coefficient (Wildman–Crippen LogP) is 3.00. The second-order valence-corrected chi connectivity index (χ2v) is 4.79. The Kier molecular flexibility index (Phi) is 3.32. The topological polar surface area (TPSA) is 29.5 Å².